The average molecular weight is 446 g/mol. The second-order valence-electron chi connectivity index (χ2n) is 6.96. The minimum absolute atomic E-state index is 0.0941. The Balaban J connectivity index is 1.80. The van der Waals surface area contributed by atoms with Crippen LogP contribution in [-0.2, 0) is 10.9 Å². The number of nitrogens with zero attached hydrogens (tertiary/aromatic N) is 2. The number of carbonyl (C=O) groups excluding carboxylic acids is 2. The Hall–Kier alpha value is -3.62. The van der Waals surface area contributed by atoms with Crippen molar-refractivity contribution in [2.45, 2.75) is 26.9 Å². The number of rotatable bonds is 7. The van der Waals surface area contributed by atoms with Gasteiger partial charge in [0.2, 0.25) is 11.7 Å². The number of alkyl halides is 3. The number of benzene rings is 1. The largest absolute Gasteiger partial charge is 0.477 e. The number of carbonyl (C=O) groups is 2. The number of hydrogen-bond donors (Lipinski definition) is 0. The summed E-state index contributed by atoms with van der Waals surface area (Å²) in [5.41, 5.74) is 0.857. The standard InChI is InChI=1S/C23H21F3N2O4/c1-4-31-21-18(9-6-10-27-21)22(30)32-13-20(29)19-11-14(2)28(15(19)3)17-8-5-7-16(12-17)23(24,25)26/h5-12H,4,13H2,1-3H3. The molecule has 32 heavy (non-hydrogen) atoms. The molecule has 0 radical (unpaired) electrons. The van der Waals surface area contributed by atoms with Gasteiger partial charge in [-0.2, -0.15) is 13.2 Å². The van der Waals surface area contributed by atoms with Crippen molar-refractivity contribution in [2.24, 2.45) is 0 Å². The summed E-state index contributed by atoms with van der Waals surface area (Å²) < 4.78 is 51.2. The van der Waals surface area contributed by atoms with E-state index in [4.69, 9.17) is 9.47 Å². The minimum Gasteiger partial charge on any atom is -0.477 e. The van der Waals surface area contributed by atoms with E-state index in [2.05, 4.69) is 4.98 Å². The summed E-state index contributed by atoms with van der Waals surface area (Å²) in [7, 11) is 0. The monoisotopic (exact) mass is 446 g/mol. The fourth-order valence-electron chi connectivity index (χ4n) is 3.35. The SMILES string of the molecule is CCOc1ncccc1C(=O)OCC(=O)c1cc(C)n(-c2cccc(C(F)(F)F)c2)c1C. The molecule has 3 rings (SSSR count). The van der Waals surface area contributed by atoms with Gasteiger partial charge >= 0.3 is 12.1 Å². The van der Waals surface area contributed by atoms with Crippen molar-refractivity contribution in [2.75, 3.05) is 13.2 Å². The molecule has 0 atom stereocenters. The molecule has 9 heteroatoms. The maximum Gasteiger partial charge on any atom is 0.416 e. The number of pyridine rings is 1. The summed E-state index contributed by atoms with van der Waals surface area (Å²) in [4.78, 5) is 29.1. The lowest BCUT2D eigenvalue weighted by Gasteiger charge is -2.13. The molecule has 2 heterocycles. The molecule has 0 spiro atoms. The van der Waals surface area contributed by atoms with Crippen molar-refractivity contribution in [1.82, 2.24) is 9.55 Å². The summed E-state index contributed by atoms with van der Waals surface area (Å²) in [6.07, 6.45) is -3.01. The van der Waals surface area contributed by atoms with Crippen molar-refractivity contribution in [1.29, 1.82) is 0 Å². The van der Waals surface area contributed by atoms with E-state index in [9.17, 15) is 22.8 Å². The Morgan fingerprint density at radius 1 is 1.06 bits per heavy atom. The molecule has 0 fully saturated rings. The third-order valence-electron chi connectivity index (χ3n) is 4.77. The van der Waals surface area contributed by atoms with E-state index in [0.29, 0.717) is 18.0 Å². The molecule has 2 aromatic heterocycles. The maximum atomic E-state index is 13.1. The van der Waals surface area contributed by atoms with Gasteiger partial charge in [-0.3, -0.25) is 4.79 Å². The van der Waals surface area contributed by atoms with Crippen molar-refractivity contribution in [3.63, 3.8) is 0 Å². The Kier molecular flexibility index (Phi) is 6.67. The van der Waals surface area contributed by atoms with E-state index in [1.165, 1.54) is 24.4 Å². The number of esters is 1. The number of aromatic nitrogens is 2. The molecule has 168 valence electrons. The lowest BCUT2D eigenvalue weighted by Crippen LogP contribution is -2.16. The first-order valence-electron chi connectivity index (χ1n) is 9.78. The number of aryl methyl sites for hydroxylation is 1. The Morgan fingerprint density at radius 3 is 2.50 bits per heavy atom. The van der Waals surface area contributed by atoms with Crippen LogP contribution in [0, 0.1) is 13.8 Å². The second-order valence-corrected chi connectivity index (χ2v) is 6.96. The molecule has 3 aromatic rings. The first-order valence-corrected chi connectivity index (χ1v) is 9.78. The molecule has 0 aliphatic rings. The van der Waals surface area contributed by atoms with Crippen LogP contribution in [0.15, 0.2) is 48.7 Å². The molecule has 0 saturated heterocycles. The molecule has 0 unspecified atom stereocenters. The Morgan fingerprint density at radius 2 is 1.81 bits per heavy atom. The molecule has 1 aromatic carbocycles. The molecule has 0 saturated carbocycles. The van der Waals surface area contributed by atoms with E-state index in [1.54, 1.807) is 37.5 Å². The van der Waals surface area contributed by atoms with Crippen molar-refractivity contribution in [3.8, 4) is 11.6 Å². The van der Waals surface area contributed by atoms with E-state index >= 15 is 0 Å². The van der Waals surface area contributed by atoms with E-state index in [0.717, 1.165) is 12.1 Å². The number of ketones is 1. The number of hydrogen-bond acceptors (Lipinski definition) is 5. The van der Waals surface area contributed by atoms with Gasteiger partial charge in [0, 0.05) is 28.8 Å². The Labute approximate surface area is 182 Å². The van der Waals surface area contributed by atoms with Gasteiger partial charge in [0.1, 0.15) is 5.56 Å². The van der Waals surface area contributed by atoms with Crippen molar-refractivity contribution < 1.29 is 32.2 Å². The van der Waals surface area contributed by atoms with Gasteiger partial charge in [-0.1, -0.05) is 6.07 Å². The molecular formula is C23H21F3N2O4. The van der Waals surface area contributed by atoms with Crippen LogP contribution in [0.1, 0.15) is 44.6 Å². The fourth-order valence-corrected chi connectivity index (χ4v) is 3.35. The molecule has 0 aliphatic heterocycles. The zero-order valence-corrected chi connectivity index (χ0v) is 17.7. The molecule has 0 N–H and O–H groups in total. The minimum atomic E-state index is -4.48. The molecule has 0 amide bonds. The van der Waals surface area contributed by atoms with Gasteiger partial charge in [0.05, 0.1) is 12.2 Å². The molecular weight excluding hydrogens is 425 g/mol. The van der Waals surface area contributed by atoms with Crippen LogP contribution in [-0.4, -0.2) is 34.5 Å². The third kappa shape index (κ3) is 4.82. The van der Waals surface area contributed by atoms with Gasteiger partial charge in [0.25, 0.3) is 0 Å². The normalized spacial score (nSPS) is 11.3. The summed E-state index contributed by atoms with van der Waals surface area (Å²) in [6.45, 7) is 4.81. The predicted octanol–water partition coefficient (Wildman–Crippen LogP) is 4.95. The third-order valence-corrected chi connectivity index (χ3v) is 4.77. The second kappa shape index (κ2) is 9.25. The highest BCUT2D eigenvalue weighted by Crippen LogP contribution is 2.31. The highest BCUT2D eigenvalue weighted by atomic mass is 19.4. The van der Waals surface area contributed by atoms with Crippen molar-refractivity contribution in [3.05, 3.63) is 76.7 Å². The van der Waals surface area contributed by atoms with Crippen LogP contribution in [0.5, 0.6) is 5.88 Å². The lowest BCUT2D eigenvalue weighted by atomic mass is 10.1. The van der Waals surface area contributed by atoms with Crippen LogP contribution in [0.4, 0.5) is 13.2 Å². The first-order chi connectivity index (χ1) is 15.1. The highest BCUT2D eigenvalue weighted by molar-refractivity contribution is 6.01. The number of Topliss-reactive ketones (excluding diaryl/α,β-unsaturated/α-hetero) is 1. The first kappa shape index (κ1) is 23.1. The maximum absolute atomic E-state index is 13.1. The van der Waals surface area contributed by atoms with Gasteiger partial charge in [-0.25, -0.2) is 9.78 Å². The number of ether oxygens (including phenoxy) is 2. The lowest BCUT2D eigenvalue weighted by molar-refractivity contribution is -0.137. The Bertz CT molecular complexity index is 1150. The van der Waals surface area contributed by atoms with E-state index < -0.39 is 30.1 Å². The van der Waals surface area contributed by atoms with Crippen LogP contribution in [0.3, 0.4) is 0 Å². The van der Waals surface area contributed by atoms with Gasteiger partial charge in [0.15, 0.2) is 6.61 Å². The highest BCUT2D eigenvalue weighted by Gasteiger charge is 2.31. The van der Waals surface area contributed by atoms with Crippen LogP contribution in [0.25, 0.3) is 5.69 Å². The summed E-state index contributed by atoms with van der Waals surface area (Å²) in [5, 5.41) is 0. The van der Waals surface area contributed by atoms with Gasteiger partial charge in [-0.15, -0.1) is 0 Å². The predicted molar refractivity (Wildman–Crippen MR) is 110 cm³/mol. The van der Waals surface area contributed by atoms with Gasteiger partial charge < -0.3 is 14.0 Å². The quantitative estimate of drug-likeness (QED) is 0.380. The topological polar surface area (TPSA) is 70.4 Å². The summed E-state index contributed by atoms with van der Waals surface area (Å²) in [5.74, 6) is -1.14. The van der Waals surface area contributed by atoms with Crippen LogP contribution in [0.2, 0.25) is 0 Å². The van der Waals surface area contributed by atoms with E-state index in [-0.39, 0.29) is 22.7 Å². The van der Waals surface area contributed by atoms with Crippen LogP contribution < -0.4 is 4.74 Å². The average Bonchev–Trinajstić information content (AvgIpc) is 3.06. The van der Waals surface area contributed by atoms with Crippen LogP contribution >= 0.6 is 0 Å². The summed E-state index contributed by atoms with van der Waals surface area (Å²) >= 11 is 0. The zero-order chi connectivity index (χ0) is 23.5. The number of halogens is 3. The smallest absolute Gasteiger partial charge is 0.416 e. The molecule has 0 aliphatic carbocycles. The molecule has 0 bridgehead atoms. The summed E-state index contributed by atoms with van der Waals surface area (Å²) in [6, 6.07) is 9.42. The fraction of sp³-hybridized carbons (Fsp3) is 0.261. The van der Waals surface area contributed by atoms with Crippen molar-refractivity contribution >= 4 is 11.8 Å². The van der Waals surface area contributed by atoms with Gasteiger partial charge in [-0.05, 0) is 57.2 Å². The zero-order valence-electron chi connectivity index (χ0n) is 17.7. The molecule has 6 nitrogen and oxygen atoms in total. The van der Waals surface area contributed by atoms with E-state index in [1.807, 2.05) is 0 Å².